The smallest absolute Gasteiger partial charge is 0.337 e. The summed E-state index contributed by atoms with van der Waals surface area (Å²) in [6, 6.07) is -0.969. The fourth-order valence-corrected chi connectivity index (χ4v) is 10.2. The van der Waals surface area contributed by atoms with Gasteiger partial charge < -0.3 is 34.6 Å². The van der Waals surface area contributed by atoms with Gasteiger partial charge in [0.2, 0.25) is 7.37 Å². The van der Waals surface area contributed by atoms with Crippen molar-refractivity contribution >= 4 is 22.6 Å². The van der Waals surface area contributed by atoms with Crippen molar-refractivity contribution in [2.45, 2.75) is 57.5 Å². The lowest BCUT2D eigenvalue weighted by Crippen LogP contribution is -2.42. The van der Waals surface area contributed by atoms with Crippen LogP contribution in [0.15, 0.2) is 20.9 Å². The molecule has 20 heteroatoms. The molecule has 2 rings (SSSR count). The van der Waals surface area contributed by atoms with Crippen molar-refractivity contribution in [2.75, 3.05) is 25.0 Å². The van der Waals surface area contributed by atoms with Crippen LogP contribution in [-0.4, -0.2) is 65.8 Å². The summed E-state index contributed by atoms with van der Waals surface area (Å²) in [4.78, 5) is 65.7. The molecule has 0 spiro atoms. The molecule has 6 N–H and O–H groups in total. The Morgan fingerprint density at radius 2 is 1.86 bits per heavy atom. The average Bonchev–Trinajstić information content (AvgIpc) is 3.14. The van der Waals surface area contributed by atoms with E-state index in [1.807, 2.05) is 0 Å². The summed E-state index contributed by atoms with van der Waals surface area (Å²) in [7, 11) is -14.5. The Morgan fingerprint density at radius 3 is 2.46 bits per heavy atom. The number of nitrogens with zero attached hydrogens (tertiary/aromatic N) is 5. The van der Waals surface area contributed by atoms with Gasteiger partial charge in [0.25, 0.3) is 5.56 Å². The van der Waals surface area contributed by atoms with Gasteiger partial charge in [0.05, 0.1) is 18.8 Å². The first kappa shape index (κ1) is 31.6. The largest absolute Gasteiger partial charge is 0.352 e. The molecule has 1 aliphatic heterocycles. The molecule has 0 saturated carbocycles. The predicted molar refractivity (Wildman–Crippen MR) is 131 cm³/mol. The van der Waals surface area contributed by atoms with Crippen LogP contribution in [0.25, 0.3) is 10.4 Å². The molecule has 1 fully saturated rings. The standard InChI is InChI=1S/C17H31N6O11P3/c1-12-8-23(17(25)22(16(12)24)6-4-2-3-5-18)15-7-13(20-21-19)14(34-15)9-33-37(31,32)11-35(26,27)10-36(28,29)30/h8,13-15H,2-7,9-11,18H2,1H3,(H,26,27)(H,31,32)(H2,28,29,30)/t13-,14+,15-/m0/s1. The predicted octanol–water partition coefficient (Wildman–Crippen LogP) is 0.979. The van der Waals surface area contributed by atoms with Crippen molar-refractivity contribution in [1.29, 1.82) is 0 Å². The van der Waals surface area contributed by atoms with Gasteiger partial charge in [-0.05, 0) is 31.8 Å². The minimum atomic E-state index is -4.94. The van der Waals surface area contributed by atoms with Crippen molar-refractivity contribution in [1.82, 2.24) is 9.13 Å². The Hall–Kier alpha value is -1.60. The SMILES string of the molecule is Cc1cn([C@@H]2C[C@H](N=[N+]=[N-])[C@@H](COP(=O)(O)CP(=O)(O)CP(=O)(O)O)O2)c(=O)n(CCCCCN)c1=O. The van der Waals surface area contributed by atoms with Crippen LogP contribution in [0.2, 0.25) is 0 Å². The molecule has 2 heterocycles. The summed E-state index contributed by atoms with van der Waals surface area (Å²) in [5.74, 6) is -2.91. The number of aromatic nitrogens is 2. The van der Waals surface area contributed by atoms with Crippen molar-refractivity contribution in [2.24, 2.45) is 10.8 Å². The van der Waals surface area contributed by atoms with Gasteiger partial charge in [-0.1, -0.05) is 11.5 Å². The van der Waals surface area contributed by atoms with Gasteiger partial charge in [0, 0.05) is 29.6 Å². The van der Waals surface area contributed by atoms with E-state index in [1.165, 1.54) is 13.1 Å². The fourth-order valence-electron chi connectivity index (χ4n) is 3.82. The third-order valence-electron chi connectivity index (χ3n) is 5.41. The van der Waals surface area contributed by atoms with Crippen LogP contribution in [0.3, 0.4) is 0 Å². The van der Waals surface area contributed by atoms with E-state index in [1.54, 1.807) is 0 Å². The Morgan fingerprint density at radius 1 is 1.19 bits per heavy atom. The summed E-state index contributed by atoms with van der Waals surface area (Å²) in [5, 5.41) is 3.57. The van der Waals surface area contributed by atoms with Gasteiger partial charge in [-0.15, -0.1) is 0 Å². The molecular formula is C17H31N6O11P3. The van der Waals surface area contributed by atoms with E-state index in [4.69, 9.17) is 30.3 Å². The number of hydrogen-bond acceptors (Lipinski definition) is 9. The monoisotopic (exact) mass is 588 g/mol. The maximum atomic E-state index is 13.0. The van der Waals surface area contributed by atoms with Gasteiger partial charge >= 0.3 is 20.9 Å². The third-order valence-corrected chi connectivity index (χ3v) is 12.4. The van der Waals surface area contributed by atoms with Gasteiger partial charge in [-0.3, -0.25) is 27.6 Å². The maximum absolute atomic E-state index is 13.0. The molecule has 2 unspecified atom stereocenters. The van der Waals surface area contributed by atoms with E-state index in [2.05, 4.69) is 10.0 Å². The molecule has 0 aromatic carbocycles. The number of nitrogens with two attached hydrogens (primary N) is 1. The fraction of sp³-hybridized carbons (Fsp3) is 0.765. The van der Waals surface area contributed by atoms with Crippen molar-refractivity contribution in [3.05, 3.63) is 43.0 Å². The maximum Gasteiger partial charge on any atom is 0.337 e. The highest BCUT2D eigenvalue weighted by atomic mass is 31.3. The lowest BCUT2D eigenvalue weighted by molar-refractivity contribution is -0.0244. The minimum Gasteiger partial charge on any atom is -0.352 e. The number of aryl methyl sites for hydroxylation is 1. The Labute approximate surface area is 211 Å². The second-order valence-electron chi connectivity index (χ2n) is 8.67. The first-order valence-electron chi connectivity index (χ1n) is 11.1. The molecule has 0 radical (unpaired) electrons. The normalized spacial score (nSPS) is 23.2. The van der Waals surface area contributed by atoms with E-state index >= 15 is 0 Å². The summed E-state index contributed by atoms with van der Waals surface area (Å²) in [6.07, 6.45) is 1.06. The van der Waals surface area contributed by atoms with Crippen LogP contribution in [0, 0.1) is 6.92 Å². The molecule has 0 amide bonds. The first-order valence-corrected chi connectivity index (χ1v) is 16.7. The molecule has 5 atom stereocenters. The van der Waals surface area contributed by atoms with Crippen molar-refractivity contribution in [3.8, 4) is 0 Å². The van der Waals surface area contributed by atoms with Gasteiger partial charge in [-0.25, -0.2) is 4.79 Å². The minimum absolute atomic E-state index is 0.0464. The molecule has 37 heavy (non-hydrogen) atoms. The van der Waals surface area contributed by atoms with Gasteiger partial charge in [0.15, 0.2) is 0 Å². The Kier molecular flexibility index (Phi) is 11.1. The quantitative estimate of drug-likeness (QED) is 0.0669. The molecule has 1 saturated heterocycles. The zero-order valence-corrected chi connectivity index (χ0v) is 22.7. The molecule has 1 aliphatic rings. The Bertz CT molecular complexity index is 1270. The van der Waals surface area contributed by atoms with E-state index in [-0.39, 0.29) is 18.5 Å². The van der Waals surface area contributed by atoms with Crippen molar-refractivity contribution in [3.63, 3.8) is 0 Å². The highest BCUT2D eigenvalue weighted by molar-refractivity contribution is 7.79. The summed E-state index contributed by atoms with van der Waals surface area (Å²) >= 11 is 0. The highest BCUT2D eigenvalue weighted by Gasteiger charge is 2.41. The lowest BCUT2D eigenvalue weighted by Gasteiger charge is -2.21. The number of unbranched alkanes of at least 4 members (excludes halogenated alkanes) is 2. The number of azide groups is 1. The lowest BCUT2D eigenvalue weighted by atomic mass is 10.1. The number of hydrogen-bond donors (Lipinski definition) is 5. The Balaban J connectivity index is 2.21. The van der Waals surface area contributed by atoms with E-state index < -0.39 is 70.6 Å². The van der Waals surface area contributed by atoms with E-state index in [0.29, 0.717) is 19.4 Å². The van der Waals surface area contributed by atoms with Gasteiger partial charge in [0.1, 0.15) is 18.0 Å². The first-order chi connectivity index (χ1) is 17.1. The average molecular weight is 588 g/mol. The molecule has 0 aliphatic carbocycles. The topological polar surface area (TPSA) is 269 Å². The third kappa shape index (κ3) is 9.58. The molecule has 210 valence electrons. The van der Waals surface area contributed by atoms with Crippen LogP contribution < -0.4 is 17.0 Å². The van der Waals surface area contributed by atoms with Crippen molar-refractivity contribution < 1.29 is 42.5 Å². The molecule has 1 aromatic heterocycles. The van der Waals surface area contributed by atoms with Crippen LogP contribution in [0.5, 0.6) is 0 Å². The zero-order chi connectivity index (χ0) is 28.0. The van der Waals surface area contributed by atoms with Crippen LogP contribution in [0.1, 0.15) is 37.5 Å². The second kappa shape index (κ2) is 13.0. The van der Waals surface area contributed by atoms with Crippen LogP contribution in [-0.2, 0) is 29.5 Å². The van der Waals surface area contributed by atoms with E-state index in [0.717, 1.165) is 15.6 Å². The second-order valence-corrected chi connectivity index (χ2v) is 15.5. The number of ether oxygens (including phenoxy) is 1. The summed E-state index contributed by atoms with van der Waals surface area (Å²) < 4.78 is 48.1. The highest BCUT2D eigenvalue weighted by Crippen LogP contribution is 2.63. The molecule has 0 bridgehead atoms. The summed E-state index contributed by atoms with van der Waals surface area (Å²) in [6.45, 7) is 1.45. The zero-order valence-electron chi connectivity index (χ0n) is 20.0. The molecular weight excluding hydrogens is 557 g/mol. The van der Waals surface area contributed by atoms with Crippen LogP contribution in [0.4, 0.5) is 0 Å². The van der Waals surface area contributed by atoms with Crippen LogP contribution >= 0.6 is 22.6 Å². The molecule has 17 nitrogen and oxygen atoms in total. The molecule has 1 aromatic rings. The van der Waals surface area contributed by atoms with E-state index in [9.17, 15) is 33.1 Å². The summed E-state index contributed by atoms with van der Waals surface area (Å²) in [5.41, 5.74) is 13.5. The number of rotatable bonds is 14. The van der Waals surface area contributed by atoms with Gasteiger partial charge in [-0.2, -0.15) is 0 Å².